The van der Waals surface area contributed by atoms with Gasteiger partial charge in [0.2, 0.25) is 0 Å². The van der Waals surface area contributed by atoms with E-state index in [-0.39, 0.29) is 0 Å². The summed E-state index contributed by atoms with van der Waals surface area (Å²) < 4.78 is 0. The topological polar surface area (TPSA) is 40.5 Å². The Bertz CT molecular complexity index is 198. The van der Waals surface area contributed by atoms with E-state index in [0.717, 1.165) is 32.4 Å². The highest BCUT2D eigenvalue weighted by Crippen LogP contribution is 2.30. The highest BCUT2D eigenvalue weighted by molar-refractivity contribution is 7.80. The summed E-state index contributed by atoms with van der Waals surface area (Å²) in [6.45, 7) is 3.84. The van der Waals surface area contributed by atoms with Crippen molar-refractivity contribution in [3.05, 3.63) is 0 Å². The molecule has 1 atom stereocenters. The van der Waals surface area contributed by atoms with E-state index >= 15 is 0 Å². The van der Waals surface area contributed by atoms with Crippen molar-refractivity contribution in [1.29, 1.82) is 0 Å². The molecule has 3 nitrogen and oxygen atoms in total. The molecular formula is C9H17NO2S. The summed E-state index contributed by atoms with van der Waals surface area (Å²) >= 11 is 4.17. The van der Waals surface area contributed by atoms with Crippen LogP contribution in [0, 0.1) is 0 Å². The number of likely N-dealkylation sites (tertiary alicyclic amines) is 1. The molecule has 76 valence electrons. The number of carboxylic acids is 1. The third kappa shape index (κ3) is 1.83. The molecule has 0 aromatic carbocycles. The van der Waals surface area contributed by atoms with Crippen molar-refractivity contribution in [2.75, 3.05) is 18.8 Å². The Morgan fingerprint density at radius 3 is 2.85 bits per heavy atom. The van der Waals surface area contributed by atoms with Gasteiger partial charge in [0.1, 0.15) is 5.54 Å². The van der Waals surface area contributed by atoms with Crippen LogP contribution in [0.15, 0.2) is 0 Å². The van der Waals surface area contributed by atoms with Crippen LogP contribution in [0.3, 0.4) is 0 Å². The highest BCUT2D eigenvalue weighted by Gasteiger charge is 2.45. The third-order valence-corrected chi connectivity index (χ3v) is 3.30. The quantitative estimate of drug-likeness (QED) is 0.676. The van der Waals surface area contributed by atoms with Crippen LogP contribution in [0.1, 0.15) is 26.2 Å². The lowest BCUT2D eigenvalue weighted by Crippen LogP contribution is -2.52. The Morgan fingerprint density at radius 1 is 1.69 bits per heavy atom. The Labute approximate surface area is 84.5 Å². The molecule has 1 aliphatic rings. The summed E-state index contributed by atoms with van der Waals surface area (Å²) in [5, 5.41) is 9.17. The van der Waals surface area contributed by atoms with Crippen LogP contribution in [0.5, 0.6) is 0 Å². The molecule has 1 heterocycles. The van der Waals surface area contributed by atoms with E-state index in [4.69, 9.17) is 0 Å². The molecule has 1 unspecified atom stereocenters. The van der Waals surface area contributed by atoms with Gasteiger partial charge in [-0.15, -0.1) is 0 Å². The molecule has 1 fully saturated rings. The number of nitrogens with zero attached hydrogens (tertiary/aromatic N) is 1. The molecular weight excluding hydrogens is 186 g/mol. The summed E-state index contributed by atoms with van der Waals surface area (Å²) in [7, 11) is 0. The molecule has 1 aliphatic heterocycles. The van der Waals surface area contributed by atoms with Crippen molar-refractivity contribution < 1.29 is 9.90 Å². The van der Waals surface area contributed by atoms with E-state index in [0.29, 0.717) is 5.75 Å². The number of thiol groups is 1. The standard InChI is InChI=1S/C9H17NO2S/c1-2-5-10-6-3-4-9(10,7-13)8(11)12/h13H,2-7H2,1H3,(H,11,12). The summed E-state index contributed by atoms with van der Waals surface area (Å²) in [4.78, 5) is 13.2. The number of hydrogen-bond donors (Lipinski definition) is 2. The minimum Gasteiger partial charge on any atom is -0.480 e. The van der Waals surface area contributed by atoms with Gasteiger partial charge in [0.05, 0.1) is 0 Å². The van der Waals surface area contributed by atoms with Gasteiger partial charge in [0.25, 0.3) is 0 Å². The highest BCUT2D eigenvalue weighted by atomic mass is 32.1. The molecule has 0 amide bonds. The Hall–Kier alpha value is -0.220. The maximum absolute atomic E-state index is 11.1. The lowest BCUT2D eigenvalue weighted by molar-refractivity contribution is -0.148. The smallest absolute Gasteiger partial charge is 0.324 e. The first-order valence-electron chi connectivity index (χ1n) is 4.76. The molecule has 0 aromatic rings. The molecule has 0 radical (unpaired) electrons. The number of carboxylic acid groups (broad SMARTS) is 1. The lowest BCUT2D eigenvalue weighted by Gasteiger charge is -2.33. The lowest BCUT2D eigenvalue weighted by atomic mass is 9.99. The first kappa shape index (κ1) is 10.9. The average Bonchev–Trinajstić information content (AvgIpc) is 2.49. The predicted molar refractivity (Wildman–Crippen MR) is 55.3 cm³/mol. The number of carbonyl (C=O) groups is 1. The van der Waals surface area contributed by atoms with Crippen LogP contribution in [0.4, 0.5) is 0 Å². The van der Waals surface area contributed by atoms with Gasteiger partial charge in [-0.05, 0) is 32.4 Å². The number of aliphatic carboxylic acids is 1. The third-order valence-electron chi connectivity index (χ3n) is 2.78. The van der Waals surface area contributed by atoms with Crippen LogP contribution < -0.4 is 0 Å². The molecule has 1 rings (SSSR count). The van der Waals surface area contributed by atoms with Gasteiger partial charge in [-0.3, -0.25) is 9.69 Å². The fourth-order valence-corrected chi connectivity index (χ4v) is 2.51. The fraction of sp³-hybridized carbons (Fsp3) is 0.889. The van der Waals surface area contributed by atoms with E-state index in [1.165, 1.54) is 0 Å². The largest absolute Gasteiger partial charge is 0.480 e. The molecule has 1 saturated heterocycles. The monoisotopic (exact) mass is 203 g/mol. The Balaban J connectivity index is 2.77. The summed E-state index contributed by atoms with van der Waals surface area (Å²) in [6, 6.07) is 0. The molecule has 4 heteroatoms. The molecule has 0 spiro atoms. The second-order valence-electron chi connectivity index (χ2n) is 3.59. The van der Waals surface area contributed by atoms with Crippen molar-refractivity contribution in [1.82, 2.24) is 4.90 Å². The van der Waals surface area contributed by atoms with Crippen LogP contribution in [-0.4, -0.2) is 40.4 Å². The van der Waals surface area contributed by atoms with Crippen LogP contribution in [0.2, 0.25) is 0 Å². The van der Waals surface area contributed by atoms with E-state index in [2.05, 4.69) is 24.5 Å². The maximum atomic E-state index is 11.1. The first-order valence-corrected chi connectivity index (χ1v) is 5.40. The van der Waals surface area contributed by atoms with E-state index in [1.807, 2.05) is 0 Å². The number of rotatable bonds is 4. The maximum Gasteiger partial charge on any atom is 0.324 e. The van der Waals surface area contributed by atoms with Gasteiger partial charge in [-0.25, -0.2) is 0 Å². The molecule has 0 bridgehead atoms. The Kier molecular flexibility index (Phi) is 3.62. The van der Waals surface area contributed by atoms with E-state index in [9.17, 15) is 9.90 Å². The second-order valence-corrected chi connectivity index (χ2v) is 3.90. The van der Waals surface area contributed by atoms with Crippen molar-refractivity contribution in [2.24, 2.45) is 0 Å². The van der Waals surface area contributed by atoms with Gasteiger partial charge in [-0.1, -0.05) is 6.92 Å². The fourth-order valence-electron chi connectivity index (χ4n) is 2.02. The normalized spacial score (nSPS) is 29.4. The van der Waals surface area contributed by atoms with Gasteiger partial charge >= 0.3 is 5.97 Å². The minimum atomic E-state index is -0.714. The van der Waals surface area contributed by atoms with Crippen LogP contribution >= 0.6 is 12.6 Å². The summed E-state index contributed by atoms with van der Waals surface area (Å²) in [5.41, 5.74) is -0.681. The van der Waals surface area contributed by atoms with Crippen LogP contribution in [0.25, 0.3) is 0 Å². The van der Waals surface area contributed by atoms with Crippen molar-refractivity contribution in [2.45, 2.75) is 31.7 Å². The summed E-state index contributed by atoms with van der Waals surface area (Å²) in [6.07, 6.45) is 2.72. The first-order chi connectivity index (χ1) is 6.17. The summed E-state index contributed by atoms with van der Waals surface area (Å²) in [5.74, 6) is -0.295. The van der Waals surface area contributed by atoms with Crippen molar-refractivity contribution >= 4 is 18.6 Å². The SMILES string of the molecule is CCCN1CCCC1(CS)C(=O)O. The number of hydrogen-bond acceptors (Lipinski definition) is 3. The molecule has 1 N–H and O–H groups in total. The Morgan fingerprint density at radius 2 is 2.38 bits per heavy atom. The van der Waals surface area contributed by atoms with Crippen molar-refractivity contribution in [3.63, 3.8) is 0 Å². The van der Waals surface area contributed by atoms with Gasteiger partial charge in [0.15, 0.2) is 0 Å². The van der Waals surface area contributed by atoms with E-state index in [1.54, 1.807) is 0 Å². The van der Waals surface area contributed by atoms with Gasteiger partial charge < -0.3 is 5.11 Å². The zero-order valence-electron chi connectivity index (χ0n) is 7.99. The zero-order chi connectivity index (χ0) is 9.90. The second kappa shape index (κ2) is 4.33. The molecule has 0 saturated carbocycles. The molecule has 0 aliphatic carbocycles. The van der Waals surface area contributed by atoms with E-state index < -0.39 is 11.5 Å². The zero-order valence-corrected chi connectivity index (χ0v) is 8.89. The van der Waals surface area contributed by atoms with Gasteiger partial charge in [-0.2, -0.15) is 12.6 Å². The predicted octanol–water partition coefficient (Wildman–Crippen LogP) is 1.25. The molecule has 0 aromatic heterocycles. The molecule has 13 heavy (non-hydrogen) atoms. The average molecular weight is 203 g/mol. The van der Waals surface area contributed by atoms with Gasteiger partial charge in [0, 0.05) is 5.75 Å². The van der Waals surface area contributed by atoms with Crippen molar-refractivity contribution in [3.8, 4) is 0 Å². The minimum absolute atomic E-state index is 0.419. The van der Waals surface area contributed by atoms with Crippen LogP contribution in [-0.2, 0) is 4.79 Å².